The average molecular weight is 270 g/mol. The van der Waals surface area contributed by atoms with E-state index in [1.807, 2.05) is 0 Å². The molecular formula is C16H34N2O. The van der Waals surface area contributed by atoms with Gasteiger partial charge in [-0.25, -0.2) is 0 Å². The lowest BCUT2D eigenvalue weighted by Gasteiger charge is -2.32. The van der Waals surface area contributed by atoms with Gasteiger partial charge in [0.05, 0.1) is 6.61 Å². The van der Waals surface area contributed by atoms with Crippen LogP contribution in [-0.2, 0) is 4.74 Å². The summed E-state index contributed by atoms with van der Waals surface area (Å²) in [5.74, 6) is 1.61. The Kier molecular flexibility index (Phi) is 6.78. The molecule has 1 aliphatic rings. The zero-order chi connectivity index (χ0) is 14.5. The Bertz CT molecular complexity index is 246. The van der Waals surface area contributed by atoms with Gasteiger partial charge in [0.15, 0.2) is 0 Å². The Balaban J connectivity index is 2.37. The van der Waals surface area contributed by atoms with Gasteiger partial charge in [-0.1, -0.05) is 6.92 Å². The summed E-state index contributed by atoms with van der Waals surface area (Å²) >= 11 is 0. The van der Waals surface area contributed by atoms with Crippen LogP contribution in [0.15, 0.2) is 0 Å². The zero-order valence-corrected chi connectivity index (χ0v) is 13.8. The summed E-state index contributed by atoms with van der Waals surface area (Å²) in [4.78, 5) is 2.62. The lowest BCUT2D eigenvalue weighted by molar-refractivity contribution is 0.104. The molecule has 1 rings (SSSR count). The number of nitrogens with one attached hydrogen (secondary N) is 1. The van der Waals surface area contributed by atoms with Gasteiger partial charge in [-0.15, -0.1) is 0 Å². The first-order valence-corrected chi connectivity index (χ1v) is 7.81. The molecule has 0 saturated heterocycles. The highest BCUT2D eigenvalue weighted by molar-refractivity contribution is 4.86. The van der Waals surface area contributed by atoms with Gasteiger partial charge in [0.1, 0.15) is 0 Å². The van der Waals surface area contributed by atoms with E-state index in [1.54, 1.807) is 7.11 Å². The van der Waals surface area contributed by atoms with Gasteiger partial charge in [-0.2, -0.15) is 0 Å². The molecule has 2 unspecified atom stereocenters. The molecule has 0 spiro atoms. The second-order valence-electron chi connectivity index (χ2n) is 7.30. The molecule has 0 amide bonds. The van der Waals surface area contributed by atoms with E-state index in [9.17, 15) is 0 Å². The Morgan fingerprint density at radius 2 is 1.89 bits per heavy atom. The SMILES string of the molecule is COCCN(CC(C)CNC(C)(C)C)C(C)C1CC1. The monoisotopic (exact) mass is 270 g/mol. The molecule has 1 fully saturated rings. The minimum Gasteiger partial charge on any atom is -0.383 e. The smallest absolute Gasteiger partial charge is 0.0589 e. The number of hydrogen-bond donors (Lipinski definition) is 1. The van der Waals surface area contributed by atoms with Crippen molar-refractivity contribution < 1.29 is 4.74 Å². The van der Waals surface area contributed by atoms with E-state index in [4.69, 9.17) is 4.74 Å². The first kappa shape index (κ1) is 16.9. The van der Waals surface area contributed by atoms with Crippen LogP contribution in [0.5, 0.6) is 0 Å². The molecule has 3 heteroatoms. The van der Waals surface area contributed by atoms with Gasteiger partial charge in [0, 0.05) is 31.8 Å². The minimum atomic E-state index is 0.216. The van der Waals surface area contributed by atoms with Crippen molar-refractivity contribution in [2.75, 3.05) is 33.4 Å². The fourth-order valence-corrected chi connectivity index (χ4v) is 2.49. The Labute approximate surface area is 120 Å². The number of hydrogen-bond acceptors (Lipinski definition) is 3. The van der Waals surface area contributed by atoms with Gasteiger partial charge < -0.3 is 10.1 Å². The van der Waals surface area contributed by atoms with E-state index in [0.29, 0.717) is 12.0 Å². The second kappa shape index (κ2) is 7.61. The molecule has 0 bridgehead atoms. The van der Waals surface area contributed by atoms with Crippen LogP contribution >= 0.6 is 0 Å². The van der Waals surface area contributed by atoms with Crippen LogP contribution in [0.25, 0.3) is 0 Å². The fraction of sp³-hybridized carbons (Fsp3) is 1.00. The first-order chi connectivity index (χ1) is 8.83. The van der Waals surface area contributed by atoms with E-state index in [0.717, 1.165) is 25.6 Å². The standard InChI is InChI=1S/C16H34N2O/c1-13(11-17-16(3,4)5)12-18(9-10-19-6)14(2)15-7-8-15/h13-15,17H,7-12H2,1-6H3. The van der Waals surface area contributed by atoms with Crippen LogP contribution < -0.4 is 5.32 Å². The molecular weight excluding hydrogens is 236 g/mol. The molecule has 3 nitrogen and oxygen atoms in total. The summed E-state index contributed by atoms with van der Waals surface area (Å²) in [7, 11) is 1.80. The molecule has 1 N–H and O–H groups in total. The molecule has 1 aliphatic carbocycles. The maximum atomic E-state index is 5.26. The normalized spacial score (nSPS) is 19.7. The van der Waals surface area contributed by atoms with Gasteiger partial charge in [0.2, 0.25) is 0 Å². The Hall–Kier alpha value is -0.120. The zero-order valence-electron chi connectivity index (χ0n) is 13.8. The molecule has 1 saturated carbocycles. The quantitative estimate of drug-likeness (QED) is 0.697. The van der Waals surface area contributed by atoms with Crippen LogP contribution in [0.2, 0.25) is 0 Å². The molecule has 19 heavy (non-hydrogen) atoms. The van der Waals surface area contributed by atoms with Crippen molar-refractivity contribution in [1.29, 1.82) is 0 Å². The highest BCUT2D eigenvalue weighted by atomic mass is 16.5. The van der Waals surface area contributed by atoms with Crippen LogP contribution in [0.1, 0.15) is 47.5 Å². The minimum absolute atomic E-state index is 0.216. The predicted molar refractivity (Wildman–Crippen MR) is 82.6 cm³/mol. The van der Waals surface area contributed by atoms with Crippen molar-refractivity contribution in [2.45, 2.75) is 59.0 Å². The number of nitrogens with zero attached hydrogens (tertiary/aromatic N) is 1. The summed E-state index contributed by atoms with van der Waals surface area (Å²) in [6, 6.07) is 0.715. The topological polar surface area (TPSA) is 24.5 Å². The maximum absolute atomic E-state index is 5.26. The Morgan fingerprint density at radius 3 is 2.37 bits per heavy atom. The summed E-state index contributed by atoms with van der Waals surface area (Å²) in [5.41, 5.74) is 0.216. The molecule has 0 aliphatic heterocycles. The van der Waals surface area contributed by atoms with Crippen molar-refractivity contribution in [3.8, 4) is 0 Å². The summed E-state index contributed by atoms with van der Waals surface area (Å²) in [6.07, 6.45) is 2.83. The van der Waals surface area contributed by atoms with E-state index >= 15 is 0 Å². The third-order valence-corrected chi connectivity index (χ3v) is 3.99. The van der Waals surface area contributed by atoms with Gasteiger partial charge in [-0.05, 0) is 58.9 Å². The highest BCUT2D eigenvalue weighted by Gasteiger charge is 2.32. The van der Waals surface area contributed by atoms with Crippen LogP contribution in [0.3, 0.4) is 0 Å². The Morgan fingerprint density at radius 1 is 1.26 bits per heavy atom. The third-order valence-electron chi connectivity index (χ3n) is 3.99. The third kappa shape index (κ3) is 7.28. The lowest BCUT2D eigenvalue weighted by Crippen LogP contribution is -2.44. The summed E-state index contributed by atoms with van der Waals surface area (Å²) < 4.78 is 5.26. The maximum Gasteiger partial charge on any atom is 0.0589 e. The van der Waals surface area contributed by atoms with Gasteiger partial charge >= 0.3 is 0 Å². The molecule has 0 aromatic rings. The molecule has 0 radical (unpaired) electrons. The largest absolute Gasteiger partial charge is 0.383 e. The fourth-order valence-electron chi connectivity index (χ4n) is 2.49. The first-order valence-electron chi connectivity index (χ1n) is 7.81. The number of ether oxygens (including phenoxy) is 1. The second-order valence-corrected chi connectivity index (χ2v) is 7.30. The van der Waals surface area contributed by atoms with Crippen molar-refractivity contribution in [3.63, 3.8) is 0 Å². The van der Waals surface area contributed by atoms with Gasteiger partial charge in [0.25, 0.3) is 0 Å². The molecule has 114 valence electrons. The molecule has 0 heterocycles. The summed E-state index contributed by atoms with van der Waals surface area (Å²) in [6.45, 7) is 15.6. The van der Waals surface area contributed by atoms with Crippen molar-refractivity contribution in [1.82, 2.24) is 10.2 Å². The van der Waals surface area contributed by atoms with Crippen molar-refractivity contribution in [3.05, 3.63) is 0 Å². The number of methoxy groups -OCH3 is 1. The van der Waals surface area contributed by atoms with E-state index < -0.39 is 0 Å². The highest BCUT2D eigenvalue weighted by Crippen LogP contribution is 2.35. The lowest BCUT2D eigenvalue weighted by atomic mass is 10.0. The summed E-state index contributed by atoms with van der Waals surface area (Å²) in [5, 5.41) is 3.61. The predicted octanol–water partition coefficient (Wildman–Crippen LogP) is 2.76. The average Bonchev–Trinajstić information content (AvgIpc) is 3.14. The van der Waals surface area contributed by atoms with E-state index in [-0.39, 0.29) is 5.54 Å². The van der Waals surface area contributed by atoms with Crippen molar-refractivity contribution in [2.24, 2.45) is 11.8 Å². The molecule has 2 atom stereocenters. The molecule has 0 aromatic carbocycles. The van der Waals surface area contributed by atoms with Crippen LogP contribution in [0.4, 0.5) is 0 Å². The van der Waals surface area contributed by atoms with Crippen LogP contribution in [0, 0.1) is 11.8 Å². The molecule has 0 aromatic heterocycles. The van der Waals surface area contributed by atoms with E-state index in [2.05, 4.69) is 44.8 Å². The number of rotatable bonds is 9. The van der Waals surface area contributed by atoms with Crippen LogP contribution in [-0.4, -0.2) is 49.8 Å². The van der Waals surface area contributed by atoms with Gasteiger partial charge in [-0.3, -0.25) is 4.90 Å². The van der Waals surface area contributed by atoms with Crippen molar-refractivity contribution >= 4 is 0 Å². The van der Waals surface area contributed by atoms with E-state index in [1.165, 1.54) is 19.4 Å².